The van der Waals surface area contributed by atoms with Crippen molar-refractivity contribution in [1.29, 1.82) is 0 Å². The minimum absolute atomic E-state index is 0.0482. The third-order valence-corrected chi connectivity index (χ3v) is 1.71. The predicted octanol–water partition coefficient (Wildman–Crippen LogP) is 1.87. The van der Waals surface area contributed by atoms with Gasteiger partial charge in [-0.25, -0.2) is 0 Å². The van der Waals surface area contributed by atoms with Crippen molar-refractivity contribution in [3.8, 4) is 0 Å². The first-order valence-electron chi connectivity index (χ1n) is 3.67. The zero-order chi connectivity index (χ0) is 9.14. The third kappa shape index (κ3) is 1.53. The van der Waals surface area contributed by atoms with Crippen LogP contribution in [0.5, 0.6) is 0 Å². The smallest absolute Gasteiger partial charge is 0.159 e. The molecule has 62 valence electrons. The molecule has 0 radical (unpaired) electrons. The van der Waals surface area contributed by atoms with E-state index in [1.165, 1.54) is 6.92 Å². The number of hydrogen-bond acceptors (Lipinski definition) is 2. The van der Waals surface area contributed by atoms with Crippen molar-refractivity contribution in [1.82, 2.24) is 0 Å². The lowest BCUT2D eigenvalue weighted by Crippen LogP contribution is -1.98. The van der Waals surface area contributed by atoms with E-state index in [1.54, 1.807) is 12.1 Å². The van der Waals surface area contributed by atoms with E-state index in [-0.39, 0.29) is 5.78 Å². The van der Waals surface area contributed by atoms with Crippen molar-refractivity contribution in [2.24, 2.45) is 0 Å². The fourth-order valence-corrected chi connectivity index (χ4v) is 0.961. The summed E-state index contributed by atoms with van der Waals surface area (Å²) >= 11 is 0. The van der Waals surface area contributed by atoms with Crippen LogP contribution in [0.1, 0.15) is 12.5 Å². The van der Waals surface area contributed by atoms with Crippen LogP contribution < -0.4 is 5.73 Å². The molecule has 0 saturated heterocycles. The Bertz CT molecular complexity index is 328. The van der Waals surface area contributed by atoms with Crippen LogP contribution in [0.2, 0.25) is 0 Å². The fraction of sp³-hybridized carbons (Fsp3) is 0.100. The summed E-state index contributed by atoms with van der Waals surface area (Å²) in [6, 6.07) is 7.20. The molecule has 0 aliphatic carbocycles. The van der Waals surface area contributed by atoms with Crippen LogP contribution in [-0.4, -0.2) is 5.78 Å². The highest BCUT2D eigenvalue weighted by atomic mass is 16.1. The Morgan fingerprint density at radius 1 is 1.42 bits per heavy atom. The molecule has 1 aromatic rings. The van der Waals surface area contributed by atoms with E-state index in [0.29, 0.717) is 11.3 Å². The molecule has 0 aromatic heterocycles. The highest BCUT2D eigenvalue weighted by molar-refractivity contribution is 6.20. The Morgan fingerprint density at radius 3 is 2.50 bits per heavy atom. The Labute approximate surface area is 71.7 Å². The first kappa shape index (κ1) is 8.53. The topological polar surface area (TPSA) is 43.1 Å². The highest BCUT2D eigenvalue weighted by Crippen LogP contribution is 2.19. The van der Waals surface area contributed by atoms with Crippen LogP contribution in [0.15, 0.2) is 30.8 Å². The molecular weight excluding hydrogens is 150 g/mol. The summed E-state index contributed by atoms with van der Waals surface area (Å²) in [5.74, 6) is -0.0482. The fourth-order valence-electron chi connectivity index (χ4n) is 0.961. The molecule has 0 heterocycles. The molecule has 1 rings (SSSR count). The standard InChI is InChI=1S/C10H11NO/c1-7(8(2)12)9-5-3-4-6-10(9)11/h3-6H,1,11H2,2H3. The molecule has 0 aliphatic rings. The molecule has 0 bridgehead atoms. The second-order valence-corrected chi connectivity index (χ2v) is 2.62. The molecule has 0 amide bonds. The molecule has 0 saturated carbocycles. The number of carbonyl (C=O) groups excluding carboxylic acids is 1. The summed E-state index contributed by atoms with van der Waals surface area (Å²) in [6.07, 6.45) is 0. The number of nitrogen functional groups attached to an aromatic ring is 1. The van der Waals surface area contributed by atoms with Gasteiger partial charge in [-0.1, -0.05) is 24.8 Å². The first-order chi connectivity index (χ1) is 5.63. The minimum atomic E-state index is -0.0482. The summed E-state index contributed by atoms with van der Waals surface area (Å²) in [6.45, 7) is 5.14. The maximum absolute atomic E-state index is 10.9. The molecule has 1 aromatic carbocycles. The maximum atomic E-state index is 10.9. The monoisotopic (exact) mass is 161 g/mol. The van der Waals surface area contributed by atoms with Gasteiger partial charge in [0.05, 0.1) is 0 Å². The van der Waals surface area contributed by atoms with Crippen LogP contribution in [0.25, 0.3) is 5.57 Å². The Kier molecular flexibility index (Phi) is 2.29. The molecule has 12 heavy (non-hydrogen) atoms. The summed E-state index contributed by atoms with van der Waals surface area (Å²) in [5.41, 5.74) is 7.43. The van der Waals surface area contributed by atoms with Crippen molar-refractivity contribution in [3.05, 3.63) is 36.4 Å². The molecule has 0 unspecified atom stereocenters. The van der Waals surface area contributed by atoms with Gasteiger partial charge in [0.2, 0.25) is 0 Å². The number of anilines is 1. The number of hydrogen-bond donors (Lipinski definition) is 1. The zero-order valence-corrected chi connectivity index (χ0v) is 7.00. The van der Waals surface area contributed by atoms with E-state index in [0.717, 1.165) is 5.56 Å². The molecule has 2 nitrogen and oxygen atoms in total. The van der Waals surface area contributed by atoms with Crippen molar-refractivity contribution in [3.63, 3.8) is 0 Å². The van der Waals surface area contributed by atoms with E-state index in [2.05, 4.69) is 6.58 Å². The number of Topliss-reactive ketones (excluding diaryl/α,β-unsaturated/α-hetero) is 1. The van der Waals surface area contributed by atoms with Gasteiger partial charge in [0, 0.05) is 16.8 Å². The Morgan fingerprint density at radius 2 is 2.00 bits per heavy atom. The molecule has 0 fully saturated rings. The zero-order valence-electron chi connectivity index (χ0n) is 7.00. The molecule has 0 aliphatic heterocycles. The summed E-state index contributed by atoms with van der Waals surface area (Å²) in [7, 11) is 0. The average Bonchev–Trinajstić information content (AvgIpc) is 2.04. The number of benzene rings is 1. The van der Waals surface area contributed by atoms with E-state index in [1.807, 2.05) is 12.1 Å². The van der Waals surface area contributed by atoms with Crippen molar-refractivity contribution in [2.45, 2.75) is 6.92 Å². The number of rotatable bonds is 2. The van der Waals surface area contributed by atoms with Crippen LogP contribution in [0.3, 0.4) is 0 Å². The SMILES string of the molecule is C=C(C(C)=O)c1ccccc1N. The number of allylic oxidation sites excluding steroid dienone is 1. The van der Waals surface area contributed by atoms with Crippen LogP contribution in [0.4, 0.5) is 5.69 Å². The maximum Gasteiger partial charge on any atom is 0.159 e. The predicted molar refractivity (Wildman–Crippen MR) is 50.6 cm³/mol. The third-order valence-electron chi connectivity index (χ3n) is 1.71. The van der Waals surface area contributed by atoms with Crippen molar-refractivity contribution in [2.75, 3.05) is 5.73 Å². The lowest BCUT2D eigenvalue weighted by Gasteiger charge is -2.04. The molecular formula is C10H11NO. The van der Waals surface area contributed by atoms with Gasteiger partial charge in [-0.2, -0.15) is 0 Å². The van der Waals surface area contributed by atoms with Gasteiger partial charge >= 0.3 is 0 Å². The first-order valence-corrected chi connectivity index (χ1v) is 3.67. The normalized spacial score (nSPS) is 9.42. The van der Waals surface area contributed by atoms with Gasteiger partial charge in [-0.05, 0) is 13.0 Å². The molecule has 2 heteroatoms. The largest absolute Gasteiger partial charge is 0.398 e. The van der Waals surface area contributed by atoms with Gasteiger partial charge in [0.15, 0.2) is 5.78 Å². The second-order valence-electron chi connectivity index (χ2n) is 2.62. The summed E-state index contributed by atoms with van der Waals surface area (Å²) < 4.78 is 0. The van der Waals surface area contributed by atoms with E-state index in [9.17, 15) is 4.79 Å². The van der Waals surface area contributed by atoms with Crippen molar-refractivity contribution < 1.29 is 4.79 Å². The summed E-state index contributed by atoms with van der Waals surface area (Å²) in [4.78, 5) is 10.9. The Balaban J connectivity index is 3.11. The van der Waals surface area contributed by atoms with E-state index >= 15 is 0 Å². The molecule has 2 N–H and O–H groups in total. The average molecular weight is 161 g/mol. The number of ketones is 1. The lowest BCUT2D eigenvalue weighted by molar-refractivity contribution is -0.111. The van der Waals surface area contributed by atoms with Gasteiger partial charge in [-0.3, -0.25) is 4.79 Å². The number of carbonyl (C=O) groups is 1. The second kappa shape index (κ2) is 3.22. The van der Waals surface area contributed by atoms with Crippen LogP contribution in [-0.2, 0) is 4.79 Å². The van der Waals surface area contributed by atoms with Crippen LogP contribution in [0, 0.1) is 0 Å². The van der Waals surface area contributed by atoms with Gasteiger partial charge in [-0.15, -0.1) is 0 Å². The van der Waals surface area contributed by atoms with E-state index < -0.39 is 0 Å². The minimum Gasteiger partial charge on any atom is -0.398 e. The van der Waals surface area contributed by atoms with Gasteiger partial charge < -0.3 is 5.73 Å². The van der Waals surface area contributed by atoms with Gasteiger partial charge in [0.25, 0.3) is 0 Å². The highest BCUT2D eigenvalue weighted by Gasteiger charge is 2.05. The van der Waals surface area contributed by atoms with Crippen molar-refractivity contribution >= 4 is 17.0 Å². The quantitative estimate of drug-likeness (QED) is 0.531. The van der Waals surface area contributed by atoms with E-state index in [4.69, 9.17) is 5.73 Å². The molecule has 0 atom stereocenters. The molecule has 0 spiro atoms. The summed E-state index contributed by atoms with van der Waals surface area (Å²) in [5, 5.41) is 0. The lowest BCUT2D eigenvalue weighted by atomic mass is 10.0. The Hall–Kier alpha value is -1.57. The number of nitrogens with two attached hydrogens (primary N) is 1. The van der Waals surface area contributed by atoms with Crippen LogP contribution >= 0.6 is 0 Å². The number of para-hydroxylation sites is 1. The van der Waals surface area contributed by atoms with Gasteiger partial charge in [0.1, 0.15) is 0 Å².